The van der Waals surface area contributed by atoms with Gasteiger partial charge in [0.15, 0.2) is 0 Å². The second kappa shape index (κ2) is 6.66. The lowest BCUT2D eigenvalue weighted by atomic mass is 9.91. The highest BCUT2D eigenvalue weighted by atomic mass is 15.2. The van der Waals surface area contributed by atoms with Gasteiger partial charge < -0.3 is 0 Å². The summed E-state index contributed by atoms with van der Waals surface area (Å²) >= 11 is 0. The van der Waals surface area contributed by atoms with Gasteiger partial charge in [-0.1, -0.05) is 61.5 Å². The van der Waals surface area contributed by atoms with Crippen LogP contribution in [-0.2, 0) is 6.42 Å². The van der Waals surface area contributed by atoms with E-state index in [2.05, 4.69) is 80.3 Å². The molecule has 2 aromatic carbocycles. The molecule has 0 amide bonds. The standard InChI is InChI=1S/C21H27N/c1-4-18-15-22(17(3)19-10-6-5-7-11-19)16(2)14-20-12-8-9-13-21(18)20/h5-13,16-18H,4,14-15H2,1-3H3/t16-,17-,18+/m1/s1. The van der Waals surface area contributed by atoms with Crippen molar-refractivity contribution in [1.29, 1.82) is 0 Å². The minimum atomic E-state index is 0.472. The Morgan fingerprint density at radius 1 is 1.05 bits per heavy atom. The highest BCUT2D eigenvalue weighted by Crippen LogP contribution is 2.34. The second-order valence-electron chi connectivity index (χ2n) is 6.64. The highest BCUT2D eigenvalue weighted by Gasteiger charge is 2.29. The normalized spacial score (nSPS) is 23.6. The number of rotatable bonds is 3. The molecule has 0 bridgehead atoms. The zero-order valence-corrected chi connectivity index (χ0v) is 14.0. The molecule has 3 atom stereocenters. The van der Waals surface area contributed by atoms with Crippen LogP contribution in [0.2, 0.25) is 0 Å². The van der Waals surface area contributed by atoms with E-state index < -0.39 is 0 Å². The van der Waals surface area contributed by atoms with Gasteiger partial charge in [0.05, 0.1) is 0 Å². The lowest BCUT2D eigenvalue weighted by Gasteiger charge is -2.35. The Morgan fingerprint density at radius 3 is 2.45 bits per heavy atom. The van der Waals surface area contributed by atoms with E-state index in [-0.39, 0.29) is 0 Å². The Balaban J connectivity index is 1.91. The molecule has 1 aliphatic heterocycles. The predicted molar refractivity (Wildman–Crippen MR) is 94.2 cm³/mol. The molecular weight excluding hydrogens is 266 g/mol. The van der Waals surface area contributed by atoms with Crippen LogP contribution in [0.5, 0.6) is 0 Å². The van der Waals surface area contributed by atoms with E-state index in [0.717, 1.165) is 13.0 Å². The molecule has 0 N–H and O–H groups in total. The van der Waals surface area contributed by atoms with Crippen molar-refractivity contribution in [2.24, 2.45) is 0 Å². The van der Waals surface area contributed by atoms with Gasteiger partial charge in [0.1, 0.15) is 0 Å². The monoisotopic (exact) mass is 293 g/mol. The summed E-state index contributed by atoms with van der Waals surface area (Å²) in [4.78, 5) is 2.70. The van der Waals surface area contributed by atoms with Crippen LogP contribution >= 0.6 is 0 Å². The van der Waals surface area contributed by atoms with Crippen molar-refractivity contribution in [2.75, 3.05) is 6.54 Å². The van der Waals surface area contributed by atoms with E-state index in [1.54, 1.807) is 11.1 Å². The van der Waals surface area contributed by atoms with Crippen molar-refractivity contribution in [3.8, 4) is 0 Å². The van der Waals surface area contributed by atoms with Crippen LogP contribution < -0.4 is 0 Å². The average Bonchev–Trinajstić information content (AvgIpc) is 2.71. The van der Waals surface area contributed by atoms with Crippen molar-refractivity contribution in [3.05, 3.63) is 71.3 Å². The zero-order chi connectivity index (χ0) is 15.5. The van der Waals surface area contributed by atoms with Crippen molar-refractivity contribution >= 4 is 0 Å². The third-order valence-electron chi connectivity index (χ3n) is 5.28. The van der Waals surface area contributed by atoms with Crippen molar-refractivity contribution < 1.29 is 0 Å². The van der Waals surface area contributed by atoms with Crippen LogP contribution in [0.4, 0.5) is 0 Å². The maximum absolute atomic E-state index is 2.70. The van der Waals surface area contributed by atoms with E-state index in [1.807, 2.05) is 0 Å². The summed E-state index contributed by atoms with van der Waals surface area (Å²) in [7, 11) is 0. The third kappa shape index (κ3) is 2.96. The molecule has 0 unspecified atom stereocenters. The molecule has 0 aliphatic carbocycles. The summed E-state index contributed by atoms with van der Waals surface area (Å²) in [5, 5.41) is 0. The predicted octanol–water partition coefficient (Wildman–Crippen LogP) is 5.19. The molecule has 0 saturated heterocycles. The largest absolute Gasteiger partial charge is 0.293 e. The average molecular weight is 293 g/mol. The Labute approximate surface area is 135 Å². The van der Waals surface area contributed by atoms with Crippen molar-refractivity contribution in [1.82, 2.24) is 4.90 Å². The fourth-order valence-electron chi connectivity index (χ4n) is 3.90. The Kier molecular flexibility index (Phi) is 4.63. The van der Waals surface area contributed by atoms with Gasteiger partial charge in [-0.05, 0) is 49.3 Å². The Hall–Kier alpha value is -1.60. The van der Waals surface area contributed by atoms with Crippen molar-refractivity contribution in [2.45, 2.75) is 51.6 Å². The SMILES string of the molecule is CC[C@H]1CN([C@H](C)c2ccccc2)[C@H](C)Cc2ccccc21. The molecule has 1 heteroatoms. The highest BCUT2D eigenvalue weighted by molar-refractivity contribution is 5.33. The van der Waals surface area contributed by atoms with Gasteiger partial charge in [0, 0.05) is 18.6 Å². The first-order valence-electron chi connectivity index (χ1n) is 8.59. The molecule has 0 fully saturated rings. The summed E-state index contributed by atoms with van der Waals surface area (Å²) in [5.74, 6) is 0.646. The van der Waals surface area contributed by atoms with E-state index >= 15 is 0 Å². The minimum Gasteiger partial charge on any atom is -0.293 e. The van der Waals surface area contributed by atoms with E-state index in [1.165, 1.54) is 12.0 Å². The van der Waals surface area contributed by atoms with Gasteiger partial charge >= 0.3 is 0 Å². The van der Waals surface area contributed by atoms with Crippen LogP contribution in [0.3, 0.4) is 0 Å². The van der Waals surface area contributed by atoms with Gasteiger partial charge in [-0.3, -0.25) is 4.90 Å². The van der Waals surface area contributed by atoms with Crippen LogP contribution in [0.1, 0.15) is 55.8 Å². The molecule has 1 aliphatic rings. The molecule has 3 rings (SSSR count). The van der Waals surface area contributed by atoms with Gasteiger partial charge in [0.2, 0.25) is 0 Å². The first-order chi connectivity index (χ1) is 10.7. The molecule has 0 saturated carbocycles. The van der Waals surface area contributed by atoms with Gasteiger partial charge in [-0.2, -0.15) is 0 Å². The van der Waals surface area contributed by atoms with Gasteiger partial charge in [-0.25, -0.2) is 0 Å². The van der Waals surface area contributed by atoms with Gasteiger partial charge in [0.25, 0.3) is 0 Å². The topological polar surface area (TPSA) is 3.24 Å². The number of fused-ring (bicyclic) bond motifs is 1. The lowest BCUT2D eigenvalue weighted by Crippen LogP contribution is -2.37. The zero-order valence-electron chi connectivity index (χ0n) is 14.0. The molecule has 1 nitrogen and oxygen atoms in total. The number of hydrogen-bond acceptors (Lipinski definition) is 1. The lowest BCUT2D eigenvalue weighted by molar-refractivity contribution is 0.148. The Bertz CT molecular complexity index is 604. The van der Waals surface area contributed by atoms with E-state index in [0.29, 0.717) is 18.0 Å². The van der Waals surface area contributed by atoms with Crippen LogP contribution in [-0.4, -0.2) is 17.5 Å². The van der Waals surface area contributed by atoms with E-state index in [4.69, 9.17) is 0 Å². The van der Waals surface area contributed by atoms with Crippen LogP contribution in [0.25, 0.3) is 0 Å². The first-order valence-corrected chi connectivity index (χ1v) is 8.59. The number of nitrogens with zero attached hydrogens (tertiary/aromatic N) is 1. The third-order valence-corrected chi connectivity index (χ3v) is 5.28. The summed E-state index contributed by atoms with van der Waals surface area (Å²) in [6, 6.07) is 21.0. The summed E-state index contributed by atoms with van der Waals surface area (Å²) < 4.78 is 0. The van der Waals surface area contributed by atoms with E-state index in [9.17, 15) is 0 Å². The summed E-state index contributed by atoms with van der Waals surface area (Å²) in [6.45, 7) is 8.22. The van der Waals surface area contributed by atoms with Crippen LogP contribution in [0.15, 0.2) is 54.6 Å². The smallest absolute Gasteiger partial charge is 0.0323 e. The molecule has 0 aromatic heterocycles. The van der Waals surface area contributed by atoms with Crippen molar-refractivity contribution in [3.63, 3.8) is 0 Å². The second-order valence-corrected chi connectivity index (χ2v) is 6.64. The number of benzene rings is 2. The fraction of sp³-hybridized carbons (Fsp3) is 0.429. The first kappa shape index (κ1) is 15.3. The molecule has 1 heterocycles. The quantitative estimate of drug-likeness (QED) is 0.753. The van der Waals surface area contributed by atoms with Gasteiger partial charge in [-0.15, -0.1) is 0 Å². The maximum Gasteiger partial charge on any atom is 0.0323 e. The summed E-state index contributed by atoms with van der Waals surface area (Å²) in [5.41, 5.74) is 4.54. The molecule has 0 spiro atoms. The number of hydrogen-bond donors (Lipinski definition) is 0. The molecule has 0 radical (unpaired) electrons. The minimum absolute atomic E-state index is 0.472. The maximum atomic E-state index is 2.70. The Morgan fingerprint density at radius 2 is 1.73 bits per heavy atom. The molecular formula is C21H27N. The molecule has 22 heavy (non-hydrogen) atoms. The fourth-order valence-corrected chi connectivity index (χ4v) is 3.90. The molecule has 116 valence electrons. The molecule has 2 aromatic rings. The summed E-state index contributed by atoms with van der Waals surface area (Å²) in [6.07, 6.45) is 2.37. The van der Waals surface area contributed by atoms with Crippen LogP contribution in [0, 0.1) is 0 Å².